The Balaban J connectivity index is 3.52. The molecule has 0 aliphatic heterocycles. The summed E-state index contributed by atoms with van der Waals surface area (Å²) in [4.78, 5) is 2.92. The highest BCUT2D eigenvalue weighted by Gasteiger charge is 1.99. The number of pyridine rings is 1. The minimum absolute atomic E-state index is 0.680. The second kappa shape index (κ2) is 2.85. The zero-order chi connectivity index (χ0) is 8.43. The highest BCUT2D eigenvalue weighted by molar-refractivity contribution is 7.71. The number of aromatic nitrogens is 1. The molecule has 0 aliphatic carbocycles. The van der Waals surface area contributed by atoms with Crippen molar-refractivity contribution < 1.29 is 0 Å². The maximum atomic E-state index is 8.69. The van der Waals surface area contributed by atoms with Crippen LogP contribution in [-0.4, -0.2) is 4.98 Å². The number of hydrogen-bond donors (Lipinski definition) is 1. The Morgan fingerprint density at radius 3 is 2.64 bits per heavy atom. The van der Waals surface area contributed by atoms with Gasteiger partial charge in [-0.05, 0) is 25.5 Å². The molecule has 0 bridgehead atoms. The topological polar surface area (TPSA) is 39.6 Å². The average molecular weight is 164 g/mol. The van der Waals surface area contributed by atoms with Crippen molar-refractivity contribution in [2.24, 2.45) is 0 Å². The quantitative estimate of drug-likeness (QED) is 0.597. The molecule has 11 heavy (non-hydrogen) atoms. The summed E-state index contributed by atoms with van der Waals surface area (Å²) in [7, 11) is 0. The molecule has 2 nitrogen and oxygen atoms in total. The third kappa shape index (κ3) is 1.47. The van der Waals surface area contributed by atoms with Crippen molar-refractivity contribution >= 4 is 12.2 Å². The first-order chi connectivity index (χ1) is 5.15. The van der Waals surface area contributed by atoms with E-state index in [2.05, 4.69) is 11.1 Å². The van der Waals surface area contributed by atoms with Gasteiger partial charge in [-0.3, -0.25) is 0 Å². The molecule has 1 N–H and O–H groups in total. The number of nitriles is 1. The van der Waals surface area contributed by atoms with Gasteiger partial charge in [0.1, 0.15) is 10.7 Å². The van der Waals surface area contributed by atoms with Crippen molar-refractivity contribution in [1.29, 1.82) is 5.26 Å². The summed E-state index contributed by atoms with van der Waals surface area (Å²) in [6.07, 6.45) is 0. The number of aromatic amines is 1. The third-order valence-electron chi connectivity index (χ3n) is 1.54. The largest absolute Gasteiger partial charge is 0.349 e. The summed E-state index contributed by atoms with van der Waals surface area (Å²) >= 11 is 4.93. The van der Waals surface area contributed by atoms with Crippen LogP contribution in [0.5, 0.6) is 0 Å². The van der Waals surface area contributed by atoms with Gasteiger partial charge in [0.2, 0.25) is 0 Å². The third-order valence-corrected chi connectivity index (χ3v) is 1.76. The first-order valence-electron chi connectivity index (χ1n) is 3.26. The molecule has 0 aliphatic rings. The summed E-state index contributed by atoms with van der Waals surface area (Å²) in [5, 5.41) is 8.69. The predicted octanol–water partition coefficient (Wildman–Crippen LogP) is 2.23. The summed E-state index contributed by atoms with van der Waals surface area (Å²) < 4.78 is 0.680. The van der Waals surface area contributed by atoms with E-state index < -0.39 is 0 Å². The van der Waals surface area contributed by atoms with Gasteiger partial charge in [0, 0.05) is 5.69 Å². The maximum Gasteiger partial charge on any atom is 0.103 e. The highest BCUT2D eigenvalue weighted by atomic mass is 32.1. The van der Waals surface area contributed by atoms with Crippen molar-refractivity contribution in [3.63, 3.8) is 0 Å². The second-order valence-corrected chi connectivity index (χ2v) is 2.87. The monoisotopic (exact) mass is 164 g/mol. The fraction of sp³-hybridized carbons (Fsp3) is 0.250. The second-order valence-electron chi connectivity index (χ2n) is 2.43. The van der Waals surface area contributed by atoms with Gasteiger partial charge in [0.25, 0.3) is 0 Å². The number of hydrogen-bond acceptors (Lipinski definition) is 2. The molecule has 56 valence electrons. The molecule has 0 radical (unpaired) electrons. The molecule has 0 saturated heterocycles. The Labute approximate surface area is 70.5 Å². The van der Waals surface area contributed by atoms with Gasteiger partial charge in [0.15, 0.2) is 0 Å². The molecule has 0 saturated carbocycles. The lowest BCUT2D eigenvalue weighted by atomic mass is 10.1. The Bertz CT molecular complexity index is 344. The lowest BCUT2D eigenvalue weighted by Crippen LogP contribution is -1.91. The van der Waals surface area contributed by atoms with Crippen molar-refractivity contribution in [2.75, 3.05) is 0 Å². The molecule has 0 unspecified atom stereocenters. The van der Waals surface area contributed by atoms with Crippen LogP contribution < -0.4 is 0 Å². The van der Waals surface area contributed by atoms with E-state index >= 15 is 0 Å². The Hall–Kier alpha value is -1.14. The van der Waals surface area contributed by atoms with Gasteiger partial charge in [-0.25, -0.2) is 0 Å². The molecule has 1 aromatic heterocycles. The van der Waals surface area contributed by atoms with Crippen LogP contribution >= 0.6 is 12.2 Å². The zero-order valence-electron chi connectivity index (χ0n) is 6.43. The van der Waals surface area contributed by atoms with E-state index in [9.17, 15) is 0 Å². The van der Waals surface area contributed by atoms with Gasteiger partial charge < -0.3 is 4.98 Å². The average Bonchev–Trinajstić information content (AvgIpc) is 1.85. The van der Waals surface area contributed by atoms with E-state index in [0.29, 0.717) is 10.2 Å². The lowest BCUT2D eigenvalue weighted by molar-refractivity contribution is 1.14. The van der Waals surface area contributed by atoms with Crippen molar-refractivity contribution in [1.82, 2.24) is 4.98 Å². The molecule has 3 heteroatoms. The molecule has 0 amide bonds. The number of nitrogens with one attached hydrogen (secondary N) is 1. The highest BCUT2D eigenvalue weighted by Crippen LogP contribution is 2.09. The Kier molecular flexibility index (Phi) is 2.06. The molecular formula is C8H8N2S. The number of H-pyrrole nitrogens is 1. The van der Waals surface area contributed by atoms with Crippen molar-refractivity contribution in [2.45, 2.75) is 13.8 Å². The fourth-order valence-corrected chi connectivity index (χ4v) is 1.35. The van der Waals surface area contributed by atoms with E-state index in [4.69, 9.17) is 17.5 Å². The predicted molar refractivity (Wildman–Crippen MR) is 45.8 cm³/mol. The minimum atomic E-state index is 0.680. The van der Waals surface area contributed by atoms with E-state index in [-0.39, 0.29) is 0 Å². The van der Waals surface area contributed by atoms with Gasteiger partial charge >= 0.3 is 0 Å². The number of rotatable bonds is 0. The van der Waals surface area contributed by atoms with E-state index in [1.54, 1.807) is 6.07 Å². The van der Waals surface area contributed by atoms with Crippen LogP contribution in [-0.2, 0) is 0 Å². The van der Waals surface area contributed by atoms with Gasteiger partial charge in [-0.15, -0.1) is 0 Å². The van der Waals surface area contributed by atoms with Crippen LogP contribution in [0.1, 0.15) is 16.8 Å². The summed E-state index contributed by atoms with van der Waals surface area (Å²) in [6.45, 7) is 3.73. The number of nitrogens with zero attached hydrogens (tertiary/aromatic N) is 1. The zero-order valence-corrected chi connectivity index (χ0v) is 7.25. The first-order valence-corrected chi connectivity index (χ1v) is 3.66. The molecule has 0 fully saturated rings. The molecule has 1 heterocycles. The maximum absolute atomic E-state index is 8.69. The van der Waals surface area contributed by atoms with Crippen LogP contribution in [0.2, 0.25) is 0 Å². The van der Waals surface area contributed by atoms with E-state index in [0.717, 1.165) is 11.3 Å². The lowest BCUT2D eigenvalue weighted by Gasteiger charge is -1.99. The summed E-state index contributed by atoms with van der Waals surface area (Å²) in [5.41, 5.74) is 2.48. The van der Waals surface area contributed by atoms with Crippen LogP contribution in [0, 0.1) is 29.8 Å². The van der Waals surface area contributed by atoms with Crippen LogP contribution in [0.4, 0.5) is 0 Å². The van der Waals surface area contributed by atoms with Crippen molar-refractivity contribution in [3.8, 4) is 6.07 Å². The molecule has 0 spiro atoms. The standard InChI is InChI=1S/C8H8N2S/c1-5-3-8(11)10-6(2)7(5)4-9/h3H,1-2H3,(H,10,11). The molecule has 0 aromatic carbocycles. The van der Waals surface area contributed by atoms with Crippen molar-refractivity contribution in [3.05, 3.63) is 27.5 Å². The molecular weight excluding hydrogens is 156 g/mol. The molecule has 0 atom stereocenters. The number of aryl methyl sites for hydroxylation is 2. The van der Waals surface area contributed by atoms with Gasteiger partial charge in [-0.2, -0.15) is 5.26 Å². The smallest absolute Gasteiger partial charge is 0.103 e. The first kappa shape index (κ1) is 7.96. The summed E-state index contributed by atoms with van der Waals surface area (Å²) in [5.74, 6) is 0. The van der Waals surface area contributed by atoms with Gasteiger partial charge in [0.05, 0.1) is 5.56 Å². The summed E-state index contributed by atoms with van der Waals surface area (Å²) in [6, 6.07) is 3.91. The Morgan fingerprint density at radius 2 is 2.18 bits per heavy atom. The fourth-order valence-electron chi connectivity index (χ4n) is 1.02. The van der Waals surface area contributed by atoms with Gasteiger partial charge in [-0.1, -0.05) is 12.2 Å². The molecule has 1 aromatic rings. The van der Waals surface area contributed by atoms with Crippen LogP contribution in [0.15, 0.2) is 6.07 Å². The van der Waals surface area contributed by atoms with Crippen LogP contribution in [0.3, 0.4) is 0 Å². The Morgan fingerprint density at radius 1 is 1.55 bits per heavy atom. The SMILES string of the molecule is Cc1cc(=S)[nH]c(C)c1C#N. The van der Waals surface area contributed by atoms with E-state index in [1.165, 1.54) is 0 Å². The van der Waals surface area contributed by atoms with E-state index in [1.807, 2.05) is 13.8 Å². The molecule has 1 rings (SSSR count). The minimum Gasteiger partial charge on any atom is -0.349 e. The normalized spacial score (nSPS) is 9.18. The van der Waals surface area contributed by atoms with Crippen LogP contribution in [0.25, 0.3) is 0 Å².